The summed E-state index contributed by atoms with van der Waals surface area (Å²) in [6, 6.07) is 13.7. The second-order valence-electron chi connectivity index (χ2n) is 5.80. The first kappa shape index (κ1) is 15.9. The Kier molecular flexibility index (Phi) is 4.71. The molecule has 2 aromatic carbocycles. The Hall–Kier alpha value is -2.49. The van der Waals surface area contributed by atoms with Gasteiger partial charge in [0.1, 0.15) is 22.8 Å². The van der Waals surface area contributed by atoms with Crippen LogP contribution in [-0.4, -0.2) is 18.7 Å². The van der Waals surface area contributed by atoms with E-state index in [1.54, 1.807) is 55.6 Å². The summed E-state index contributed by atoms with van der Waals surface area (Å²) < 4.78 is 16.1. The van der Waals surface area contributed by atoms with Crippen LogP contribution in [0, 0.1) is 0 Å². The number of rotatable bonds is 4. The topological polar surface area (TPSA) is 44.8 Å². The molecular formula is C18H20O4. The maximum Gasteiger partial charge on any atom is 0.343 e. The molecule has 0 fully saturated rings. The molecule has 22 heavy (non-hydrogen) atoms. The fourth-order valence-electron chi connectivity index (χ4n) is 1.82. The first-order valence-electron chi connectivity index (χ1n) is 7.03. The highest BCUT2D eigenvalue weighted by Crippen LogP contribution is 2.21. The van der Waals surface area contributed by atoms with E-state index in [9.17, 15) is 4.79 Å². The summed E-state index contributed by atoms with van der Waals surface area (Å²) in [7, 11) is 1.59. The van der Waals surface area contributed by atoms with Crippen molar-refractivity contribution in [3.05, 3.63) is 54.1 Å². The second kappa shape index (κ2) is 6.52. The van der Waals surface area contributed by atoms with Crippen molar-refractivity contribution in [3.63, 3.8) is 0 Å². The number of methoxy groups -OCH3 is 1. The van der Waals surface area contributed by atoms with Crippen LogP contribution in [0.2, 0.25) is 0 Å². The smallest absolute Gasteiger partial charge is 0.343 e. The molecule has 116 valence electrons. The molecule has 0 amide bonds. The van der Waals surface area contributed by atoms with Crippen LogP contribution in [0.3, 0.4) is 0 Å². The fraction of sp³-hybridized carbons (Fsp3) is 0.278. The van der Waals surface area contributed by atoms with Crippen LogP contribution in [0.15, 0.2) is 48.5 Å². The van der Waals surface area contributed by atoms with Crippen molar-refractivity contribution in [2.75, 3.05) is 7.11 Å². The summed E-state index contributed by atoms with van der Waals surface area (Å²) in [5.41, 5.74) is 0.197. The van der Waals surface area contributed by atoms with Crippen LogP contribution in [-0.2, 0) is 0 Å². The number of benzene rings is 2. The Morgan fingerprint density at radius 1 is 0.818 bits per heavy atom. The van der Waals surface area contributed by atoms with Crippen LogP contribution >= 0.6 is 0 Å². The van der Waals surface area contributed by atoms with Gasteiger partial charge in [-0.1, -0.05) is 0 Å². The van der Waals surface area contributed by atoms with Gasteiger partial charge in [-0.25, -0.2) is 4.79 Å². The number of hydrogen-bond acceptors (Lipinski definition) is 4. The van der Waals surface area contributed by atoms with Gasteiger partial charge in [0.15, 0.2) is 0 Å². The maximum absolute atomic E-state index is 12.1. The van der Waals surface area contributed by atoms with Crippen molar-refractivity contribution < 1.29 is 19.0 Å². The van der Waals surface area contributed by atoms with Crippen molar-refractivity contribution in [2.45, 2.75) is 26.4 Å². The van der Waals surface area contributed by atoms with Crippen molar-refractivity contribution in [3.8, 4) is 17.2 Å². The third-order valence-corrected chi connectivity index (χ3v) is 2.78. The number of carbonyl (C=O) groups excluding carboxylic acids is 1. The summed E-state index contributed by atoms with van der Waals surface area (Å²) in [5, 5.41) is 0. The summed E-state index contributed by atoms with van der Waals surface area (Å²) in [4.78, 5) is 12.1. The molecule has 0 spiro atoms. The van der Waals surface area contributed by atoms with Gasteiger partial charge in [-0.2, -0.15) is 0 Å². The van der Waals surface area contributed by atoms with E-state index >= 15 is 0 Å². The molecule has 2 aromatic rings. The Morgan fingerprint density at radius 2 is 1.32 bits per heavy atom. The van der Waals surface area contributed by atoms with Gasteiger partial charge in [-0.15, -0.1) is 0 Å². The molecule has 0 heterocycles. The summed E-state index contributed by atoms with van der Waals surface area (Å²) >= 11 is 0. The highest BCUT2D eigenvalue weighted by molar-refractivity contribution is 5.91. The Labute approximate surface area is 130 Å². The lowest BCUT2D eigenvalue weighted by Gasteiger charge is -2.21. The molecule has 0 bridgehead atoms. The monoisotopic (exact) mass is 300 g/mol. The van der Waals surface area contributed by atoms with E-state index in [2.05, 4.69) is 0 Å². The molecule has 2 rings (SSSR count). The van der Waals surface area contributed by atoms with E-state index in [-0.39, 0.29) is 5.60 Å². The highest BCUT2D eigenvalue weighted by Gasteiger charge is 2.13. The van der Waals surface area contributed by atoms with Crippen molar-refractivity contribution in [1.82, 2.24) is 0 Å². The lowest BCUT2D eigenvalue weighted by atomic mass is 10.1. The lowest BCUT2D eigenvalue weighted by Crippen LogP contribution is -2.22. The molecule has 0 aliphatic carbocycles. The van der Waals surface area contributed by atoms with E-state index in [0.29, 0.717) is 22.8 Å². The molecule has 0 N–H and O–H groups in total. The van der Waals surface area contributed by atoms with Gasteiger partial charge in [0.2, 0.25) is 0 Å². The predicted octanol–water partition coefficient (Wildman–Crippen LogP) is 4.09. The lowest BCUT2D eigenvalue weighted by molar-refractivity contribution is 0.0734. The quantitative estimate of drug-likeness (QED) is 0.630. The molecule has 0 radical (unpaired) electrons. The molecule has 0 saturated heterocycles. The molecule has 4 heteroatoms. The Morgan fingerprint density at radius 3 is 1.82 bits per heavy atom. The fourth-order valence-corrected chi connectivity index (χ4v) is 1.82. The first-order valence-corrected chi connectivity index (χ1v) is 7.03. The summed E-state index contributed by atoms with van der Waals surface area (Å²) in [6.45, 7) is 5.91. The number of hydrogen-bond donors (Lipinski definition) is 0. The molecule has 0 aliphatic heterocycles. The second-order valence-corrected chi connectivity index (χ2v) is 5.80. The maximum atomic E-state index is 12.1. The van der Waals surface area contributed by atoms with Crippen LogP contribution in [0.5, 0.6) is 17.2 Å². The summed E-state index contributed by atoms with van der Waals surface area (Å²) in [5.74, 6) is 1.49. The minimum Gasteiger partial charge on any atom is -0.497 e. The molecular weight excluding hydrogens is 280 g/mol. The zero-order valence-electron chi connectivity index (χ0n) is 13.3. The first-order chi connectivity index (χ1) is 10.4. The minimum absolute atomic E-state index is 0.273. The van der Waals surface area contributed by atoms with Crippen LogP contribution in [0.4, 0.5) is 0 Å². The molecule has 0 saturated carbocycles. The third-order valence-electron chi connectivity index (χ3n) is 2.78. The average molecular weight is 300 g/mol. The van der Waals surface area contributed by atoms with Crippen molar-refractivity contribution in [1.29, 1.82) is 0 Å². The number of esters is 1. The van der Waals surface area contributed by atoms with E-state index < -0.39 is 5.97 Å². The van der Waals surface area contributed by atoms with Crippen LogP contribution in [0.1, 0.15) is 31.1 Å². The standard InChI is InChI=1S/C18H20O4/c1-18(2,3)22-16-7-5-13(6-8-16)17(19)21-15-11-9-14(20-4)10-12-15/h5-12H,1-4H3. The predicted molar refractivity (Wildman–Crippen MR) is 84.8 cm³/mol. The molecule has 0 aromatic heterocycles. The highest BCUT2D eigenvalue weighted by atomic mass is 16.5. The molecule has 0 unspecified atom stereocenters. The minimum atomic E-state index is -0.410. The number of ether oxygens (including phenoxy) is 3. The van der Waals surface area contributed by atoms with E-state index in [1.807, 2.05) is 20.8 Å². The third kappa shape index (κ3) is 4.52. The molecule has 4 nitrogen and oxygen atoms in total. The van der Waals surface area contributed by atoms with Crippen LogP contribution < -0.4 is 14.2 Å². The zero-order chi connectivity index (χ0) is 16.2. The normalized spacial score (nSPS) is 10.9. The van der Waals surface area contributed by atoms with Crippen LogP contribution in [0.25, 0.3) is 0 Å². The summed E-state index contributed by atoms with van der Waals surface area (Å²) in [6.07, 6.45) is 0. The van der Waals surface area contributed by atoms with Crippen molar-refractivity contribution in [2.24, 2.45) is 0 Å². The van der Waals surface area contributed by atoms with Gasteiger partial charge in [0.05, 0.1) is 12.7 Å². The van der Waals surface area contributed by atoms with Gasteiger partial charge < -0.3 is 14.2 Å². The molecule has 0 aliphatic rings. The Bertz CT molecular complexity index is 622. The van der Waals surface area contributed by atoms with E-state index in [4.69, 9.17) is 14.2 Å². The van der Waals surface area contributed by atoms with E-state index in [0.717, 1.165) is 0 Å². The SMILES string of the molecule is COc1ccc(OC(=O)c2ccc(OC(C)(C)C)cc2)cc1. The van der Waals surface area contributed by atoms with Gasteiger partial charge in [-0.3, -0.25) is 0 Å². The molecule has 0 atom stereocenters. The Balaban J connectivity index is 2.03. The van der Waals surface area contributed by atoms with Gasteiger partial charge in [0, 0.05) is 0 Å². The van der Waals surface area contributed by atoms with Gasteiger partial charge in [0.25, 0.3) is 0 Å². The zero-order valence-corrected chi connectivity index (χ0v) is 13.3. The van der Waals surface area contributed by atoms with E-state index in [1.165, 1.54) is 0 Å². The van der Waals surface area contributed by atoms with Gasteiger partial charge >= 0.3 is 5.97 Å². The largest absolute Gasteiger partial charge is 0.497 e. The van der Waals surface area contributed by atoms with Gasteiger partial charge in [-0.05, 0) is 69.3 Å². The average Bonchev–Trinajstić information content (AvgIpc) is 2.47. The number of carbonyl (C=O) groups is 1. The van der Waals surface area contributed by atoms with Crippen molar-refractivity contribution >= 4 is 5.97 Å².